The quantitative estimate of drug-likeness (QED) is 0.290. The number of nitrogens with one attached hydrogen (secondary N) is 1. The molecule has 2 aromatic heterocycles. The van der Waals surface area contributed by atoms with Gasteiger partial charge in [-0.2, -0.15) is 0 Å². The Bertz CT molecular complexity index is 1530. The first-order chi connectivity index (χ1) is 15.8. The van der Waals surface area contributed by atoms with E-state index in [9.17, 15) is 0 Å². The molecule has 152 valence electrons. The van der Waals surface area contributed by atoms with Gasteiger partial charge in [-0.15, -0.1) is 22.7 Å². The molecule has 0 aliphatic carbocycles. The van der Waals surface area contributed by atoms with E-state index in [-0.39, 0.29) is 0 Å². The largest absolute Gasteiger partial charge is 0.453 e. The fraction of sp³-hybridized carbons (Fsp3) is 0. The second-order valence-electron chi connectivity index (χ2n) is 7.72. The van der Waals surface area contributed by atoms with Crippen molar-refractivity contribution < 1.29 is 4.74 Å². The zero-order valence-electron chi connectivity index (χ0n) is 16.7. The van der Waals surface area contributed by atoms with Gasteiger partial charge in [-0.3, -0.25) is 0 Å². The van der Waals surface area contributed by atoms with Gasteiger partial charge in [0.1, 0.15) is 0 Å². The van der Waals surface area contributed by atoms with Crippen LogP contribution in [0.15, 0.2) is 83.8 Å². The molecule has 0 fully saturated rings. The number of aromatic nitrogens is 2. The van der Waals surface area contributed by atoms with Crippen LogP contribution in [0.3, 0.4) is 0 Å². The lowest BCUT2D eigenvalue weighted by atomic mass is 10.0. The highest BCUT2D eigenvalue weighted by atomic mass is 32.1. The fourth-order valence-electron chi connectivity index (χ4n) is 4.11. The van der Waals surface area contributed by atoms with Crippen LogP contribution in [0, 0.1) is 0 Å². The van der Waals surface area contributed by atoms with Crippen LogP contribution in [-0.2, 0) is 0 Å². The number of hydrogen-bond acceptors (Lipinski definition) is 6. The Morgan fingerprint density at radius 3 is 1.56 bits per heavy atom. The third-order valence-electron chi connectivity index (χ3n) is 5.78. The molecule has 1 N–H and O–H groups in total. The molecule has 0 amide bonds. The minimum atomic E-state index is 0.828. The second kappa shape index (κ2) is 6.88. The van der Waals surface area contributed by atoms with E-state index in [1.807, 2.05) is 11.0 Å². The molecular formula is C26H15N3OS2. The Morgan fingerprint density at radius 1 is 0.562 bits per heavy atom. The highest BCUT2D eigenvalue weighted by Crippen LogP contribution is 2.45. The van der Waals surface area contributed by atoms with E-state index in [2.05, 4.69) is 88.1 Å². The number of rotatable bonds is 2. The summed E-state index contributed by atoms with van der Waals surface area (Å²) in [7, 11) is 0. The van der Waals surface area contributed by atoms with E-state index in [4.69, 9.17) is 4.74 Å². The molecule has 0 saturated carbocycles. The Hall–Kier alpha value is -3.74. The summed E-state index contributed by atoms with van der Waals surface area (Å²) in [6.45, 7) is 0. The lowest BCUT2D eigenvalue weighted by molar-refractivity contribution is 0.481. The highest BCUT2D eigenvalue weighted by Gasteiger charge is 2.18. The van der Waals surface area contributed by atoms with Crippen LogP contribution >= 0.6 is 22.7 Å². The maximum absolute atomic E-state index is 6.36. The molecule has 6 heteroatoms. The van der Waals surface area contributed by atoms with E-state index < -0.39 is 0 Å². The van der Waals surface area contributed by atoms with Crippen LogP contribution in [-0.4, -0.2) is 9.97 Å². The summed E-state index contributed by atoms with van der Waals surface area (Å²) in [6, 6.07) is 25.4. The average Bonchev–Trinajstić information content (AvgIpc) is 3.50. The number of fused-ring (bicyclic) bond motifs is 4. The zero-order valence-corrected chi connectivity index (χ0v) is 18.3. The summed E-state index contributed by atoms with van der Waals surface area (Å²) in [5.41, 5.74) is 12.3. The highest BCUT2D eigenvalue weighted by molar-refractivity contribution is 7.17. The average molecular weight is 450 g/mol. The Labute approximate surface area is 191 Å². The molecule has 4 aromatic carbocycles. The van der Waals surface area contributed by atoms with Crippen LogP contribution in [0.5, 0.6) is 11.5 Å². The van der Waals surface area contributed by atoms with Gasteiger partial charge in [0.05, 0.1) is 42.8 Å². The Kier molecular flexibility index (Phi) is 3.85. The summed E-state index contributed by atoms with van der Waals surface area (Å²) in [5, 5.41) is 3.51. The van der Waals surface area contributed by atoms with Crippen LogP contribution in [0.2, 0.25) is 0 Å². The van der Waals surface area contributed by atoms with Crippen molar-refractivity contribution in [3.63, 3.8) is 0 Å². The molecule has 3 heterocycles. The van der Waals surface area contributed by atoms with Crippen molar-refractivity contribution in [3.05, 3.63) is 83.8 Å². The first kappa shape index (κ1) is 17.9. The molecule has 0 radical (unpaired) electrons. The number of nitrogens with zero attached hydrogens (tertiary/aromatic N) is 2. The van der Waals surface area contributed by atoms with E-state index in [1.165, 1.54) is 9.40 Å². The van der Waals surface area contributed by atoms with Gasteiger partial charge in [0.15, 0.2) is 11.5 Å². The van der Waals surface area contributed by atoms with Crippen molar-refractivity contribution >= 4 is 54.5 Å². The standard InChI is InChI=1S/C26H15N3OS2/c1-5-19-23(9-15(1)17-3-7-21-25(11-17)31-13-27-21)30-24-10-16(2-6-20(24)29-19)18-4-8-22-26(12-18)32-14-28-22/h1-14,29H. The van der Waals surface area contributed by atoms with Crippen LogP contribution in [0.4, 0.5) is 11.4 Å². The number of thiazole rings is 2. The predicted molar refractivity (Wildman–Crippen MR) is 133 cm³/mol. The SMILES string of the molecule is c1nc2ccc(-c3ccc4c(c3)Oc3cc(-c5ccc6ncsc6c5)ccc3N4)cc2s1. The van der Waals surface area contributed by atoms with Crippen molar-refractivity contribution in [1.82, 2.24) is 9.97 Å². The zero-order chi connectivity index (χ0) is 21.1. The smallest absolute Gasteiger partial charge is 0.151 e. The molecule has 7 rings (SSSR count). The van der Waals surface area contributed by atoms with E-state index in [0.29, 0.717) is 0 Å². The third kappa shape index (κ3) is 2.88. The van der Waals surface area contributed by atoms with E-state index >= 15 is 0 Å². The number of hydrogen-bond donors (Lipinski definition) is 1. The number of anilines is 2. The second-order valence-corrected chi connectivity index (χ2v) is 9.49. The molecule has 1 aliphatic rings. The van der Waals surface area contributed by atoms with Crippen LogP contribution in [0.25, 0.3) is 42.7 Å². The predicted octanol–water partition coefficient (Wildman–Crippen LogP) is 8.09. The lowest BCUT2D eigenvalue weighted by Gasteiger charge is -2.23. The van der Waals surface area contributed by atoms with Gasteiger partial charge >= 0.3 is 0 Å². The Morgan fingerprint density at radius 2 is 1.03 bits per heavy atom. The normalized spacial score (nSPS) is 12.2. The molecule has 0 spiro atoms. The lowest BCUT2D eigenvalue weighted by Crippen LogP contribution is -2.03. The van der Waals surface area contributed by atoms with Crippen molar-refractivity contribution in [1.29, 1.82) is 0 Å². The summed E-state index contributed by atoms with van der Waals surface area (Å²) >= 11 is 3.32. The first-order valence-electron chi connectivity index (χ1n) is 10.2. The molecule has 0 bridgehead atoms. The summed E-state index contributed by atoms with van der Waals surface area (Å²) in [5.74, 6) is 1.66. The first-order valence-corrected chi connectivity index (χ1v) is 12.0. The van der Waals surface area contributed by atoms with Gasteiger partial charge in [0.25, 0.3) is 0 Å². The monoisotopic (exact) mass is 449 g/mol. The maximum Gasteiger partial charge on any atom is 0.151 e. The molecular weight excluding hydrogens is 434 g/mol. The summed E-state index contributed by atoms with van der Waals surface area (Å²) in [6.07, 6.45) is 0. The Balaban J connectivity index is 1.25. The van der Waals surface area contributed by atoms with Crippen LogP contribution in [0.1, 0.15) is 0 Å². The summed E-state index contributed by atoms with van der Waals surface area (Å²) in [4.78, 5) is 8.75. The van der Waals surface area contributed by atoms with E-state index in [0.717, 1.165) is 56.2 Å². The number of benzene rings is 4. The number of ether oxygens (including phenoxy) is 1. The summed E-state index contributed by atoms with van der Waals surface area (Å²) < 4.78 is 8.74. The van der Waals surface area contributed by atoms with Gasteiger partial charge in [0, 0.05) is 0 Å². The van der Waals surface area contributed by atoms with Crippen molar-refractivity contribution in [3.8, 4) is 33.8 Å². The van der Waals surface area contributed by atoms with Gasteiger partial charge < -0.3 is 10.1 Å². The van der Waals surface area contributed by atoms with Gasteiger partial charge in [-0.25, -0.2) is 9.97 Å². The van der Waals surface area contributed by atoms with Crippen molar-refractivity contribution in [2.24, 2.45) is 0 Å². The molecule has 6 aromatic rings. The maximum atomic E-state index is 6.36. The van der Waals surface area contributed by atoms with E-state index in [1.54, 1.807) is 22.7 Å². The van der Waals surface area contributed by atoms with Crippen LogP contribution < -0.4 is 10.1 Å². The molecule has 32 heavy (non-hydrogen) atoms. The molecule has 0 atom stereocenters. The molecule has 0 unspecified atom stereocenters. The minimum Gasteiger partial charge on any atom is -0.453 e. The topological polar surface area (TPSA) is 47.0 Å². The third-order valence-corrected chi connectivity index (χ3v) is 7.37. The molecule has 0 saturated heterocycles. The molecule has 4 nitrogen and oxygen atoms in total. The van der Waals surface area contributed by atoms with Gasteiger partial charge in [-0.05, 0) is 70.8 Å². The minimum absolute atomic E-state index is 0.828. The molecule has 1 aliphatic heterocycles. The fourth-order valence-corrected chi connectivity index (χ4v) is 5.54. The van der Waals surface area contributed by atoms with Gasteiger partial charge in [0.2, 0.25) is 0 Å². The van der Waals surface area contributed by atoms with Gasteiger partial charge in [-0.1, -0.05) is 24.3 Å². The van der Waals surface area contributed by atoms with Crippen molar-refractivity contribution in [2.45, 2.75) is 0 Å². The van der Waals surface area contributed by atoms with Crippen molar-refractivity contribution in [2.75, 3.05) is 5.32 Å².